The quantitative estimate of drug-likeness (QED) is 0.344. The molecule has 0 aliphatic rings. The fraction of sp³-hybridized carbons (Fsp3) is 0.150. The number of esters is 1. The van der Waals surface area contributed by atoms with Gasteiger partial charge in [-0.05, 0) is 47.3 Å². The summed E-state index contributed by atoms with van der Waals surface area (Å²) in [5.41, 5.74) is 3.18. The van der Waals surface area contributed by atoms with E-state index in [1.165, 1.54) is 37.8 Å². The molecule has 0 saturated heterocycles. The minimum Gasteiger partial charge on any atom is -0.493 e. The first kappa shape index (κ1) is 20.2. The summed E-state index contributed by atoms with van der Waals surface area (Å²) >= 11 is 1.34. The first-order valence-electron chi connectivity index (χ1n) is 8.45. The van der Waals surface area contributed by atoms with Gasteiger partial charge >= 0.3 is 5.97 Å². The number of carbonyl (C=O) groups excluding carboxylic acids is 2. The summed E-state index contributed by atoms with van der Waals surface area (Å²) in [6.07, 6.45) is 1.51. The summed E-state index contributed by atoms with van der Waals surface area (Å²) in [7, 11) is 2.80. The Morgan fingerprint density at radius 1 is 1.17 bits per heavy atom. The number of methoxy groups -OCH3 is 2. The molecule has 0 radical (unpaired) electrons. The minimum absolute atomic E-state index is 0.106. The number of ether oxygens (including phenoxy) is 3. The van der Waals surface area contributed by atoms with Crippen LogP contribution in [-0.2, 0) is 11.3 Å². The maximum absolute atomic E-state index is 11.9. The number of hydrazone groups is 1. The van der Waals surface area contributed by atoms with Gasteiger partial charge < -0.3 is 18.6 Å². The summed E-state index contributed by atoms with van der Waals surface area (Å²) in [6.45, 7) is 0.109. The van der Waals surface area contributed by atoms with Crippen molar-refractivity contribution in [3.63, 3.8) is 0 Å². The van der Waals surface area contributed by atoms with Crippen LogP contribution >= 0.6 is 11.3 Å². The van der Waals surface area contributed by atoms with Crippen LogP contribution in [0.2, 0.25) is 0 Å². The number of thiophene rings is 1. The number of rotatable bonds is 8. The number of hydrogen-bond acceptors (Lipinski definition) is 8. The average Bonchev–Trinajstić information content (AvgIpc) is 3.44. The van der Waals surface area contributed by atoms with E-state index >= 15 is 0 Å². The molecule has 0 aliphatic heterocycles. The van der Waals surface area contributed by atoms with Crippen LogP contribution in [-0.4, -0.2) is 32.3 Å². The predicted octanol–water partition coefficient (Wildman–Crippen LogP) is 3.48. The number of nitrogens with one attached hydrogen (secondary N) is 1. The van der Waals surface area contributed by atoms with Gasteiger partial charge in [-0.1, -0.05) is 6.07 Å². The molecule has 29 heavy (non-hydrogen) atoms. The second-order valence-corrected chi connectivity index (χ2v) is 6.58. The van der Waals surface area contributed by atoms with Crippen molar-refractivity contribution in [3.05, 3.63) is 69.8 Å². The molecule has 2 aromatic heterocycles. The second kappa shape index (κ2) is 9.56. The highest BCUT2D eigenvalue weighted by Crippen LogP contribution is 2.28. The molecule has 0 unspecified atom stereocenters. The van der Waals surface area contributed by atoms with Crippen LogP contribution in [0, 0.1) is 0 Å². The second-order valence-electron chi connectivity index (χ2n) is 5.63. The number of nitrogens with zero attached hydrogens (tertiary/aromatic N) is 1. The van der Waals surface area contributed by atoms with Crippen LogP contribution in [0.5, 0.6) is 11.5 Å². The highest BCUT2D eigenvalue weighted by atomic mass is 32.1. The summed E-state index contributed by atoms with van der Waals surface area (Å²) < 4.78 is 21.0. The Bertz CT molecular complexity index is 1010. The Morgan fingerprint density at radius 2 is 2.03 bits per heavy atom. The summed E-state index contributed by atoms with van der Waals surface area (Å²) in [5, 5.41) is 5.77. The number of carbonyl (C=O) groups is 2. The molecule has 1 N–H and O–H groups in total. The zero-order valence-corrected chi connectivity index (χ0v) is 16.5. The lowest BCUT2D eigenvalue weighted by molar-refractivity contribution is 0.0560. The van der Waals surface area contributed by atoms with E-state index < -0.39 is 5.97 Å². The lowest BCUT2D eigenvalue weighted by Crippen LogP contribution is -2.16. The van der Waals surface area contributed by atoms with Crippen molar-refractivity contribution < 1.29 is 28.2 Å². The van der Waals surface area contributed by atoms with Crippen molar-refractivity contribution in [1.82, 2.24) is 5.43 Å². The van der Waals surface area contributed by atoms with E-state index in [0.29, 0.717) is 27.7 Å². The Kier molecular flexibility index (Phi) is 6.64. The molecule has 0 spiro atoms. The number of amides is 1. The molecule has 0 saturated carbocycles. The number of furan rings is 1. The maximum atomic E-state index is 11.9. The van der Waals surface area contributed by atoms with Crippen LogP contribution < -0.4 is 14.9 Å². The predicted molar refractivity (Wildman–Crippen MR) is 107 cm³/mol. The first-order chi connectivity index (χ1) is 14.1. The van der Waals surface area contributed by atoms with Gasteiger partial charge in [-0.15, -0.1) is 11.3 Å². The van der Waals surface area contributed by atoms with Gasteiger partial charge in [0, 0.05) is 0 Å². The monoisotopic (exact) mass is 414 g/mol. The third-order valence-electron chi connectivity index (χ3n) is 3.73. The molecule has 150 valence electrons. The van der Waals surface area contributed by atoms with E-state index in [9.17, 15) is 9.59 Å². The van der Waals surface area contributed by atoms with Crippen molar-refractivity contribution in [3.8, 4) is 11.5 Å². The van der Waals surface area contributed by atoms with Crippen LogP contribution in [0.3, 0.4) is 0 Å². The molecular formula is C20H18N2O6S. The zero-order chi connectivity index (χ0) is 20.6. The van der Waals surface area contributed by atoms with Crippen molar-refractivity contribution in [2.45, 2.75) is 6.61 Å². The molecule has 2 heterocycles. The normalized spacial score (nSPS) is 10.7. The van der Waals surface area contributed by atoms with Gasteiger partial charge in [-0.3, -0.25) is 4.79 Å². The average molecular weight is 414 g/mol. The molecule has 8 nitrogen and oxygen atoms in total. The standard InChI is InChI=1S/C20H18N2O6S/c1-25-17-10-13(11-21-22-19(23)18-4-3-9-29-18)5-7-15(17)27-12-14-6-8-16(28-14)20(24)26-2/h3-11H,12H2,1-2H3,(H,22,23)/b21-11-. The van der Waals surface area contributed by atoms with E-state index in [0.717, 1.165) is 0 Å². The van der Waals surface area contributed by atoms with Crippen molar-refractivity contribution in [1.29, 1.82) is 0 Å². The maximum Gasteiger partial charge on any atom is 0.373 e. The van der Waals surface area contributed by atoms with E-state index in [1.807, 2.05) is 5.38 Å². The van der Waals surface area contributed by atoms with Gasteiger partial charge in [0.05, 0.1) is 25.3 Å². The molecule has 0 bridgehead atoms. The van der Waals surface area contributed by atoms with Gasteiger partial charge in [0.1, 0.15) is 12.4 Å². The lowest BCUT2D eigenvalue weighted by atomic mass is 10.2. The van der Waals surface area contributed by atoms with Gasteiger partial charge in [0.25, 0.3) is 5.91 Å². The van der Waals surface area contributed by atoms with E-state index in [2.05, 4.69) is 15.3 Å². The van der Waals surface area contributed by atoms with Gasteiger partial charge in [-0.2, -0.15) is 5.10 Å². The molecule has 0 atom stereocenters. The van der Waals surface area contributed by atoms with Crippen LogP contribution in [0.1, 0.15) is 31.6 Å². The van der Waals surface area contributed by atoms with Crippen molar-refractivity contribution >= 4 is 29.4 Å². The van der Waals surface area contributed by atoms with Crippen LogP contribution in [0.4, 0.5) is 0 Å². The minimum atomic E-state index is -0.552. The van der Waals surface area contributed by atoms with Gasteiger partial charge in [0.2, 0.25) is 5.76 Å². The molecule has 1 amide bonds. The Morgan fingerprint density at radius 3 is 2.76 bits per heavy atom. The Labute approximate surface area is 170 Å². The van der Waals surface area contributed by atoms with E-state index in [1.54, 1.807) is 36.4 Å². The van der Waals surface area contributed by atoms with Crippen LogP contribution in [0.25, 0.3) is 0 Å². The van der Waals surface area contributed by atoms with Gasteiger partial charge in [-0.25, -0.2) is 10.2 Å². The molecular weight excluding hydrogens is 396 g/mol. The first-order valence-corrected chi connectivity index (χ1v) is 9.33. The van der Waals surface area contributed by atoms with Crippen LogP contribution in [0.15, 0.2) is 57.4 Å². The molecule has 3 aromatic rings. The Hall–Kier alpha value is -3.59. The summed E-state index contributed by atoms with van der Waals surface area (Å²) in [5.74, 6) is 0.724. The zero-order valence-electron chi connectivity index (χ0n) is 15.7. The number of benzene rings is 1. The van der Waals surface area contributed by atoms with E-state index in [4.69, 9.17) is 13.9 Å². The molecule has 1 aromatic carbocycles. The summed E-state index contributed by atoms with van der Waals surface area (Å²) in [4.78, 5) is 23.9. The highest BCUT2D eigenvalue weighted by Gasteiger charge is 2.12. The lowest BCUT2D eigenvalue weighted by Gasteiger charge is -2.10. The fourth-order valence-electron chi connectivity index (χ4n) is 2.33. The molecule has 0 fully saturated rings. The topological polar surface area (TPSA) is 99.4 Å². The number of hydrogen-bond donors (Lipinski definition) is 1. The van der Waals surface area contributed by atoms with Crippen molar-refractivity contribution in [2.75, 3.05) is 14.2 Å². The third kappa shape index (κ3) is 5.23. The smallest absolute Gasteiger partial charge is 0.373 e. The summed E-state index contributed by atoms with van der Waals surface area (Å²) in [6, 6.07) is 11.9. The van der Waals surface area contributed by atoms with E-state index in [-0.39, 0.29) is 18.3 Å². The largest absolute Gasteiger partial charge is 0.493 e. The third-order valence-corrected chi connectivity index (χ3v) is 4.60. The Balaban J connectivity index is 1.61. The molecule has 3 rings (SSSR count). The van der Waals surface area contributed by atoms with Gasteiger partial charge in [0.15, 0.2) is 11.5 Å². The SMILES string of the molecule is COC(=O)c1ccc(COc2ccc(/C=N\NC(=O)c3cccs3)cc2OC)o1. The molecule has 9 heteroatoms. The molecule has 0 aliphatic carbocycles. The fourth-order valence-corrected chi connectivity index (χ4v) is 2.94. The van der Waals surface area contributed by atoms with Crippen molar-refractivity contribution in [2.24, 2.45) is 5.10 Å². The highest BCUT2D eigenvalue weighted by molar-refractivity contribution is 7.12.